The third-order valence-corrected chi connectivity index (χ3v) is 7.20. The molecular weight excluding hydrogens is 346 g/mol. The zero-order valence-electron chi connectivity index (χ0n) is 17.4. The number of H-pyrrole nitrogens is 1. The van der Waals surface area contributed by atoms with E-state index in [-0.39, 0.29) is 12.0 Å². The summed E-state index contributed by atoms with van der Waals surface area (Å²) in [6.45, 7) is 8.33. The van der Waals surface area contributed by atoms with Crippen LogP contribution in [0.15, 0.2) is 30.5 Å². The highest BCUT2D eigenvalue weighted by Gasteiger charge is 2.40. The molecule has 2 aliphatic carbocycles. The van der Waals surface area contributed by atoms with Crippen LogP contribution in [0.2, 0.25) is 0 Å². The lowest BCUT2D eigenvalue weighted by Crippen LogP contribution is -2.49. The fourth-order valence-electron chi connectivity index (χ4n) is 5.28. The summed E-state index contributed by atoms with van der Waals surface area (Å²) in [6, 6.07) is 7.13. The van der Waals surface area contributed by atoms with E-state index in [0.717, 1.165) is 25.4 Å². The molecule has 4 atom stereocenters. The summed E-state index contributed by atoms with van der Waals surface area (Å²) in [5.41, 5.74) is 5.25. The van der Waals surface area contributed by atoms with Crippen LogP contribution in [0.25, 0.3) is 16.5 Å². The maximum Gasteiger partial charge on any atom is 0.231 e. The van der Waals surface area contributed by atoms with E-state index in [0.29, 0.717) is 17.9 Å². The van der Waals surface area contributed by atoms with Gasteiger partial charge < -0.3 is 9.88 Å². The summed E-state index contributed by atoms with van der Waals surface area (Å²) in [5.74, 6) is 1.72. The van der Waals surface area contributed by atoms with Crippen LogP contribution in [0.3, 0.4) is 0 Å². The van der Waals surface area contributed by atoms with Crippen LogP contribution in [-0.4, -0.2) is 52.9 Å². The van der Waals surface area contributed by atoms with Gasteiger partial charge in [-0.25, -0.2) is 0 Å². The standard InChI is InChI=1S/C24H31N3O/c1-14(2)27(13-17-8-15(17)3)24(28)18-9-20-19-6-5-7-21-23(19)16(11-25-21)10-22(20)26(4)12-18/h5-7,9,11,14-15,17-18,22,25H,8,10,12-13H2,1-4H3. The van der Waals surface area contributed by atoms with E-state index >= 15 is 0 Å². The van der Waals surface area contributed by atoms with Crippen molar-refractivity contribution in [1.82, 2.24) is 14.8 Å². The van der Waals surface area contributed by atoms with E-state index in [1.165, 1.54) is 34.0 Å². The molecule has 4 nitrogen and oxygen atoms in total. The summed E-state index contributed by atoms with van der Waals surface area (Å²) in [6.07, 6.45) is 6.74. The van der Waals surface area contributed by atoms with Crippen molar-refractivity contribution in [2.24, 2.45) is 17.8 Å². The van der Waals surface area contributed by atoms with Gasteiger partial charge in [-0.1, -0.05) is 25.1 Å². The number of likely N-dealkylation sites (N-methyl/N-ethyl adjacent to an activating group) is 1. The monoisotopic (exact) mass is 377 g/mol. The number of aromatic nitrogens is 1. The van der Waals surface area contributed by atoms with Crippen LogP contribution in [-0.2, 0) is 11.2 Å². The molecule has 148 valence electrons. The third-order valence-electron chi connectivity index (χ3n) is 7.20. The third kappa shape index (κ3) is 2.81. The highest BCUT2D eigenvalue weighted by molar-refractivity contribution is 5.99. The molecule has 1 amide bonds. The van der Waals surface area contributed by atoms with Gasteiger partial charge >= 0.3 is 0 Å². The number of carbonyl (C=O) groups excluding carboxylic acids is 1. The van der Waals surface area contributed by atoms with Gasteiger partial charge in [-0.05, 0) is 68.3 Å². The Balaban J connectivity index is 1.50. The van der Waals surface area contributed by atoms with Gasteiger partial charge in [-0.15, -0.1) is 0 Å². The quantitative estimate of drug-likeness (QED) is 0.877. The number of aromatic amines is 1. The number of amides is 1. The minimum Gasteiger partial charge on any atom is -0.361 e. The summed E-state index contributed by atoms with van der Waals surface area (Å²) in [4.78, 5) is 21.5. The van der Waals surface area contributed by atoms with E-state index in [4.69, 9.17) is 0 Å². The molecule has 2 aromatic rings. The lowest BCUT2D eigenvalue weighted by atomic mass is 9.79. The lowest BCUT2D eigenvalue weighted by Gasteiger charge is -2.41. The molecule has 0 saturated heterocycles. The first kappa shape index (κ1) is 18.0. The zero-order valence-corrected chi connectivity index (χ0v) is 17.4. The van der Waals surface area contributed by atoms with Gasteiger partial charge in [0.2, 0.25) is 5.91 Å². The minimum atomic E-state index is -0.0524. The first-order chi connectivity index (χ1) is 13.4. The first-order valence-corrected chi connectivity index (χ1v) is 10.8. The lowest BCUT2D eigenvalue weighted by molar-refractivity contribution is -0.136. The van der Waals surface area contributed by atoms with Crippen LogP contribution in [0, 0.1) is 17.8 Å². The van der Waals surface area contributed by atoms with Gasteiger partial charge in [0.1, 0.15) is 0 Å². The number of fused-ring (bicyclic) bond motifs is 2. The molecular formula is C24H31N3O. The van der Waals surface area contributed by atoms with Crippen LogP contribution in [0.4, 0.5) is 0 Å². The van der Waals surface area contributed by atoms with Crippen LogP contribution in [0.5, 0.6) is 0 Å². The molecule has 0 bridgehead atoms. The highest BCUT2D eigenvalue weighted by Crippen LogP contribution is 2.42. The molecule has 1 aromatic carbocycles. The second-order valence-corrected chi connectivity index (χ2v) is 9.49. The Hall–Kier alpha value is -2.07. The first-order valence-electron chi connectivity index (χ1n) is 10.8. The fraction of sp³-hybridized carbons (Fsp3) is 0.542. The number of hydrogen-bond donors (Lipinski definition) is 1. The van der Waals surface area contributed by atoms with Crippen molar-refractivity contribution in [1.29, 1.82) is 0 Å². The summed E-state index contributed by atoms with van der Waals surface area (Å²) in [5, 5.41) is 1.35. The van der Waals surface area contributed by atoms with Crippen molar-refractivity contribution in [3.05, 3.63) is 41.6 Å². The Labute approximate surface area is 167 Å². The Bertz CT molecular complexity index is 956. The summed E-state index contributed by atoms with van der Waals surface area (Å²) in [7, 11) is 2.18. The smallest absolute Gasteiger partial charge is 0.231 e. The molecule has 3 aliphatic rings. The number of carbonyl (C=O) groups is 1. The molecule has 1 aliphatic heterocycles. The number of nitrogens with zero attached hydrogens (tertiary/aromatic N) is 2. The van der Waals surface area contributed by atoms with E-state index in [9.17, 15) is 4.79 Å². The number of nitrogens with one attached hydrogen (secondary N) is 1. The van der Waals surface area contributed by atoms with E-state index in [1.807, 2.05) is 0 Å². The molecule has 2 heterocycles. The molecule has 4 unspecified atom stereocenters. The average molecular weight is 378 g/mol. The van der Waals surface area contributed by atoms with Gasteiger partial charge in [0, 0.05) is 42.3 Å². The van der Waals surface area contributed by atoms with Crippen molar-refractivity contribution < 1.29 is 4.79 Å². The number of benzene rings is 1. The van der Waals surface area contributed by atoms with Gasteiger partial charge in [0.15, 0.2) is 0 Å². The van der Waals surface area contributed by atoms with Crippen molar-refractivity contribution in [2.75, 3.05) is 20.1 Å². The number of hydrogen-bond acceptors (Lipinski definition) is 2. The Kier molecular flexibility index (Phi) is 4.16. The normalized spacial score (nSPS) is 29.0. The van der Waals surface area contributed by atoms with E-state index < -0.39 is 0 Å². The van der Waals surface area contributed by atoms with Crippen molar-refractivity contribution in [2.45, 2.75) is 45.7 Å². The topological polar surface area (TPSA) is 39.3 Å². The molecule has 0 spiro atoms. The largest absolute Gasteiger partial charge is 0.361 e. The van der Waals surface area contributed by atoms with Crippen molar-refractivity contribution in [3.8, 4) is 0 Å². The van der Waals surface area contributed by atoms with Crippen LogP contribution < -0.4 is 0 Å². The van der Waals surface area contributed by atoms with Gasteiger partial charge in [0.25, 0.3) is 0 Å². The summed E-state index contributed by atoms with van der Waals surface area (Å²) >= 11 is 0. The molecule has 4 heteroatoms. The predicted molar refractivity (Wildman–Crippen MR) is 114 cm³/mol. The Morgan fingerprint density at radius 1 is 1.36 bits per heavy atom. The SMILES string of the molecule is CC1CC1CN(C(=O)C1C=C2c3cccc4[nH]cc(c34)CC2N(C)C1)C(C)C. The molecule has 28 heavy (non-hydrogen) atoms. The Morgan fingerprint density at radius 2 is 2.14 bits per heavy atom. The van der Waals surface area contributed by atoms with E-state index in [2.05, 4.69) is 73.1 Å². The molecule has 1 N–H and O–H groups in total. The van der Waals surface area contributed by atoms with Crippen molar-refractivity contribution in [3.63, 3.8) is 0 Å². The van der Waals surface area contributed by atoms with Crippen LogP contribution >= 0.6 is 0 Å². The van der Waals surface area contributed by atoms with Gasteiger partial charge in [-0.3, -0.25) is 9.69 Å². The average Bonchev–Trinajstić information content (AvgIpc) is 3.21. The van der Waals surface area contributed by atoms with Crippen LogP contribution in [0.1, 0.15) is 38.3 Å². The minimum absolute atomic E-state index is 0.0524. The Morgan fingerprint density at radius 3 is 2.86 bits per heavy atom. The van der Waals surface area contributed by atoms with E-state index in [1.54, 1.807) is 0 Å². The highest BCUT2D eigenvalue weighted by atomic mass is 16.2. The molecule has 5 rings (SSSR count). The van der Waals surface area contributed by atoms with Gasteiger partial charge in [0.05, 0.1) is 5.92 Å². The zero-order chi connectivity index (χ0) is 19.6. The van der Waals surface area contributed by atoms with Crippen molar-refractivity contribution >= 4 is 22.4 Å². The molecule has 1 saturated carbocycles. The molecule has 1 aromatic heterocycles. The number of rotatable bonds is 4. The second kappa shape index (κ2) is 6.48. The maximum atomic E-state index is 13.5. The maximum absolute atomic E-state index is 13.5. The van der Waals surface area contributed by atoms with Gasteiger partial charge in [-0.2, -0.15) is 0 Å². The second-order valence-electron chi connectivity index (χ2n) is 9.49. The fourth-order valence-corrected chi connectivity index (χ4v) is 5.28. The summed E-state index contributed by atoms with van der Waals surface area (Å²) < 4.78 is 0. The molecule has 1 fully saturated rings. The molecule has 0 radical (unpaired) electrons. The predicted octanol–water partition coefficient (Wildman–Crippen LogP) is 3.93.